The minimum Gasteiger partial charge on any atom is -0.480 e. The van der Waals surface area contributed by atoms with Crippen LogP contribution in [0, 0.1) is 0 Å². The zero-order valence-corrected chi connectivity index (χ0v) is 14.3. The lowest BCUT2D eigenvalue weighted by molar-refractivity contribution is -0.136. The summed E-state index contributed by atoms with van der Waals surface area (Å²) < 4.78 is 0. The van der Waals surface area contributed by atoms with Crippen LogP contribution >= 0.6 is 0 Å². The number of carbonyl (C=O) groups excluding carboxylic acids is 1. The number of carbonyl (C=O) groups is 2. The Morgan fingerprint density at radius 2 is 1.81 bits per heavy atom. The van der Waals surface area contributed by atoms with Gasteiger partial charge in [-0.25, -0.2) is 0 Å². The molecule has 8 nitrogen and oxygen atoms in total. The maximum atomic E-state index is 12.7. The van der Waals surface area contributed by atoms with Gasteiger partial charge in [-0.05, 0) is 35.7 Å². The van der Waals surface area contributed by atoms with Crippen LogP contribution in [0.3, 0.4) is 0 Å². The molecule has 0 saturated carbocycles. The smallest absolute Gasteiger partial charge is 0.323 e. The highest BCUT2D eigenvalue weighted by Crippen LogP contribution is 2.23. The summed E-state index contributed by atoms with van der Waals surface area (Å²) in [4.78, 5) is 29.0. The van der Waals surface area contributed by atoms with Crippen molar-refractivity contribution >= 4 is 34.3 Å². The highest BCUT2D eigenvalue weighted by Gasteiger charge is 2.24. The molecule has 7 N–H and O–H groups in total. The van der Waals surface area contributed by atoms with Gasteiger partial charge < -0.3 is 22.3 Å². The average molecular weight is 357 g/mol. The van der Waals surface area contributed by atoms with E-state index in [1.54, 1.807) is 12.1 Å². The second kappa shape index (κ2) is 8.82. The van der Waals surface area contributed by atoms with Gasteiger partial charge in [-0.1, -0.05) is 30.3 Å². The number of carboxylic acids is 1. The molecule has 0 radical (unpaired) electrons. The van der Waals surface area contributed by atoms with Crippen molar-refractivity contribution in [1.29, 1.82) is 0 Å². The van der Waals surface area contributed by atoms with Crippen LogP contribution < -0.4 is 22.1 Å². The highest BCUT2D eigenvalue weighted by molar-refractivity contribution is 6.02. The zero-order chi connectivity index (χ0) is 19.1. The van der Waals surface area contributed by atoms with E-state index in [1.165, 1.54) is 4.90 Å². The molecular formula is C18H23N5O3. The van der Waals surface area contributed by atoms with Crippen molar-refractivity contribution in [3.05, 3.63) is 42.5 Å². The molecule has 138 valence electrons. The van der Waals surface area contributed by atoms with Gasteiger partial charge in [0.25, 0.3) is 0 Å². The van der Waals surface area contributed by atoms with E-state index >= 15 is 0 Å². The van der Waals surface area contributed by atoms with Crippen molar-refractivity contribution in [1.82, 2.24) is 0 Å². The van der Waals surface area contributed by atoms with E-state index in [4.69, 9.17) is 17.2 Å². The van der Waals surface area contributed by atoms with Gasteiger partial charge >= 0.3 is 5.97 Å². The molecule has 2 aromatic carbocycles. The van der Waals surface area contributed by atoms with Crippen molar-refractivity contribution in [2.24, 2.45) is 22.2 Å². The standard InChI is InChI=1S/C18H23N5O3/c19-15(6-3-9-22-18(20)21)17(26)23(11-16(24)25)14-8-7-12-4-1-2-5-13(12)10-14/h1-2,4-5,7-8,10,15H,3,6,9,11,19H2,(H,24,25)(H4,20,21,22)/t15-/m0/s1. The second-order valence-electron chi connectivity index (χ2n) is 5.90. The average Bonchev–Trinajstić information content (AvgIpc) is 2.61. The Balaban J connectivity index is 2.17. The maximum Gasteiger partial charge on any atom is 0.323 e. The molecule has 0 aliphatic heterocycles. The van der Waals surface area contributed by atoms with Crippen LogP contribution in [0.1, 0.15) is 12.8 Å². The number of rotatable bonds is 8. The fourth-order valence-electron chi connectivity index (χ4n) is 2.62. The summed E-state index contributed by atoms with van der Waals surface area (Å²) in [5, 5.41) is 11.1. The SMILES string of the molecule is NC(N)=NCCC[C@H](N)C(=O)N(CC(=O)O)c1ccc2ccccc2c1. The Morgan fingerprint density at radius 3 is 2.46 bits per heavy atom. The summed E-state index contributed by atoms with van der Waals surface area (Å²) in [6.07, 6.45) is 0.864. The molecular weight excluding hydrogens is 334 g/mol. The molecule has 8 heteroatoms. The molecule has 1 amide bonds. The van der Waals surface area contributed by atoms with E-state index in [0.717, 1.165) is 10.8 Å². The fourth-order valence-corrected chi connectivity index (χ4v) is 2.62. The predicted molar refractivity (Wildman–Crippen MR) is 102 cm³/mol. The van der Waals surface area contributed by atoms with Crippen LogP contribution in [-0.4, -0.2) is 42.1 Å². The first-order valence-electron chi connectivity index (χ1n) is 8.21. The van der Waals surface area contributed by atoms with Gasteiger partial charge in [0.2, 0.25) is 5.91 Å². The lowest BCUT2D eigenvalue weighted by Crippen LogP contribution is -2.46. The predicted octanol–water partition coefficient (Wildman–Crippen LogP) is 0.638. The van der Waals surface area contributed by atoms with Crippen LogP contribution in [0.25, 0.3) is 10.8 Å². The van der Waals surface area contributed by atoms with E-state index in [0.29, 0.717) is 25.1 Å². The summed E-state index contributed by atoms with van der Waals surface area (Å²) in [5.41, 5.74) is 17.0. The number of aliphatic carboxylic acids is 1. The largest absolute Gasteiger partial charge is 0.480 e. The van der Waals surface area contributed by atoms with E-state index in [2.05, 4.69) is 4.99 Å². The Bertz CT molecular complexity index is 817. The Morgan fingerprint density at radius 1 is 1.12 bits per heavy atom. The van der Waals surface area contributed by atoms with E-state index < -0.39 is 24.5 Å². The zero-order valence-electron chi connectivity index (χ0n) is 14.3. The Hall–Kier alpha value is -3.13. The number of aliphatic imine (C=N–C) groups is 1. The first-order chi connectivity index (χ1) is 12.4. The lowest BCUT2D eigenvalue weighted by Gasteiger charge is -2.24. The third-order valence-electron chi connectivity index (χ3n) is 3.89. The summed E-state index contributed by atoms with van der Waals surface area (Å²) >= 11 is 0. The lowest BCUT2D eigenvalue weighted by atomic mass is 10.1. The molecule has 0 spiro atoms. The molecule has 0 bridgehead atoms. The number of carboxylic acid groups (broad SMARTS) is 1. The van der Waals surface area contributed by atoms with Gasteiger partial charge in [-0.3, -0.25) is 19.5 Å². The molecule has 0 unspecified atom stereocenters. The van der Waals surface area contributed by atoms with Gasteiger partial charge in [-0.2, -0.15) is 0 Å². The van der Waals surface area contributed by atoms with Gasteiger partial charge in [-0.15, -0.1) is 0 Å². The second-order valence-corrected chi connectivity index (χ2v) is 5.90. The molecule has 1 atom stereocenters. The van der Waals surface area contributed by atoms with Crippen LogP contribution in [0.2, 0.25) is 0 Å². The van der Waals surface area contributed by atoms with Crippen LogP contribution in [0.15, 0.2) is 47.5 Å². The quantitative estimate of drug-likeness (QED) is 0.309. The first kappa shape index (κ1) is 19.2. The number of fused-ring (bicyclic) bond motifs is 1. The van der Waals surface area contributed by atoms with Crippen molar-refractivity contribution in [3.63, 3.8) is 0 Å². The Kier molecular flexibility index (Phi) is 6.51. The molecule has 0 heterocycles. The monoisotopic (exact) mass is 357 g/mol. The number of amides is 1. The van der Waals surface area contributed by atoms with Crippen LogP contribution in [0.5, 0.6) is 0 Å². The number of guanidine groups is 1. The van der Waals surface area contributed by atoms with E-state index in [-0.39, 0.29) is 5.96 Å². The van der Waals surface area contributed by atoms with Crippen molar-refractivity contribution in [3.8, 4) is 0 Å². The molecule has 0 aromatic heterocycles. The number of hydrogen-bond acceptors (Lipinski definition) is 4. The molecule has 0 aliphatic carbocycles. The summed E-state index contributed by atoms with van der Waals surface area (Å²) in [6.45, 7) is -0.100. The number of anilines is 1. The van der Waals surface area contributed by atoms with Crippen molar-refractivity contribution in [2.75, 3.05) is 18.0 Å². The minimum absolute atomic E-state index is 0.0198. The maximum absolute atomic E-state index is 12.7. The number of nitrogens with two attached hydrogens (primary N) is 3. The van der Waals surface area contributed by atoms with Gasteiger partial charge in [0.1, 0.15) is 6.54 Å². The molecule has 0 aliphatic rings. The van der Waals surface area contributed by atoms with E-state index in [1.807, 2.05) is 30.3 Å². The molecule has 2 aromatic rings. The molecule has 0 saturated heterocycles. The summed E-state index contributed by atoms with van der Waals surface area (Å²) in [7, 11) is 0. The van der Waals surface area contributed by atoms with Crippen molar-refractivity contribution < 1.29 is 14.7 Å². The third kappa shape index (κ3) is 5.18. The summed E-state index contributed by atoms with van der Waals surface area (Å²) in [5.74, 6) is -1.58. The highest BCUT2D eigenvalue weighted by atomic mass is 16.4. The number of benzene rings is 2. The third-order valence-corrected chi connectivity index (χ3v) is 3.89. The molecule has 2 rings (SSSR count). The number of nitrogens with zero attached hydrogens (tertiary/aromatic N) is 2. The van der Waals surface area contributed by atoms with E-state index in [9.17, 15) is 14.7 Å². The Labute approximate surface area is 151 Å². The van der Waals surface area contributed by atoms with Gasteiger partial charge in [0, 0.05) is 12.2 Å². The van der Waals surface area contributed by atoms with Crippen molar-refractivity contribution in [2.45, 2.75) is 18.9 Å². The first-order valence-corrected chi connectivity index (χ1v) is 8.21. The van der Waals surface area contributed by atoms with Gasteiger partial charge in [0.15, 0.2) is 5.96 Å². The van der Waals surface area contributed by atoms with Crippen LogP contribution in [0.4, 0.5) is 5.69 Å². The normalized spacial score (nSPS) is 11.7. The van der Waals surface area contributed by atoms with Crippen LogP contribution in [-0.2, 0) is 9.59 Å². The summed E-state index contributed by atoms with van der Waals surface area (Å²) in [6, 6.07) is 12.1. The molecule has 0 fully saturated rings. The fraction of sp³-hybridized carbons (Fsp3) is 0.278. The number of hydrogen-bond donors (Lipinski definition) is 4. The van der Waals surface area contributed by atoms with Gasteiger partial charge in [0.05, 0.1) is 6.04 Å². The minimum atomic E-state index is -1.11. The molecule has 26 heavy (non-hydrogen) atoms. The topological polar surface area (TPSA) is 148 Å².